The molecule has 0 bridgehead atoms. The average Bonchev–Trinajstić information content (AvgIpc) is 3.42. The Balaban J connectivity index is 4.07. The van der Waals surface area contributed by atoms with Crippen molar-refractivity contribution in [2.75, 3.05) is 13.2 Å². The molecule has 1 unspecified atom stereocenters. The molecule has 0 N–H and O–H groups in total. The van der Waals surface area contributed by atoms with Gasteiger partial charge < -0.3 is 14.2 Å². The second-order valence-corrected chi connectivity index (χ2v) is 22.4. The van der Waals surface area contributed by atoms with E-state index in [0.29, 0.717) is 12.8 Å². The minimum Gasteiger partial charge on any atom is -0.462 e. The minimum absolute atomic E-state index is 0.101. The number of ether oxygens (including phenoxy) is 3. The van der Waals surface area contributed by atoms with Crippen LogP contribution in [0.25, 0.3) is 0 Å². The Labute approximate surface area is 472 Å². The van der Waals surface area contributed by atoms with E-state index < -0.39 is 12.1 Å². The van der Waals surface area contributed by atoms with Crippen molar-refractivity contribution in [2.45, 2.75) is 354 Å². The molecule has 0 aliphatic heterocycles. The van der Waals surface area contributed by atoms with Gasteiger partial charge in [-0.2, -0.15) is 0 Å². The normalized spacial score (nSPS) is 12.4. The highest BCUT2D eigenvalue weighted by Gasteiger charge is 2.19. The predicted molar refractivity (Wildman–Crippen MR) is 330 cm³/mol. The van der Waals surface area contributed by atoms with Crippen LogP contribution in [0.2, 0.25) is 0 Å². The molecule has 0 aromatic carbocycles. The third kappa shape index (κ3) is 62.0. The van der Waals surface area contributed by atoms with Crippen LogP contribution in [-0.4, -0.2) is 37.2 Å². The lowest BCUT2D eigenvalue weighted by molar-refractivity contribution is -0.166. The zero-order valence-corrected chi connectivity index (χ0v) is 50.8. The van der Waals surface area contributed by atoms with E-state index in [-0.39, 0.29) is 31.6 Å². The van der Waals surface area contributed by atoms with Crippen LogP contribution in [0.3, 0.4) is 0 Å². The van der Waals surface area contributed by atoms with Crippen molar-refractivity contribution in [2.24, 2.45) is 0 Å². The molecule has 1 atom stereocenters. The van der Waals surface area contributed by atoms with Crippen LogP contribution >= 0.6 is 0 Å². The number of unbranched alkanes of at least 4 members (excludes halogenated alkanes) is 41. The van der Waals surface area contributed by atoms with Gasteiger partial charge in [0.05, 0.1) is 6.42 Å². The highest BCUT2D eigenvalue weighted by atomic mass is 16.6. The number of allylic oxidation sites excluding steroid dienone is 9. The maximum absolute atomic E-state index is 12.8. The van der Waals surface area contributed by atoms with Crippen LogP contribution in [0, 0.1) is 0 Å². The lowest BCUT2D eigenvalue weighted by atomic mass is 10.0. The zero-order chi connectivity index (χ0) is 55.0. The molecule has 0 fully saturated rings. The highest BCUT2D eigenvalue weighted by Crippen LogP contribution is 2.18. The second-order valence-electron chi connectivity index (χ2n) is 22.4. The average molecular weight is 1060 g/mol. The van der Waals surface area contributed by atoms with Crippen molar-refractivity contribution >= 4 is 17.9 Å². The summed E-state index contributed by atoms with van der Waals surface area (Å²) in [5.41, 5.74) is 0. The predicted octanol–water partition coefficient (Wildman–Crippen LogP) is 22.7. The Hall–Kier alpha value is -2.89. The molecule has 0 aromatic rings. The number of carbonyl (C=O) groups is 3. The lowest BCUT2D eigenvalue weighted by Gasteiger charge is -2.18. The van der Waals surface area contributed by atoms with Crippen LogP contribution in [0.1, 0.15) is 348 Å². The summed E-state index contributed by atoms with van der Waals surface area (Å²) in [4.78, 5) is 38.1. The standard InChI is InChI=1S/C70H126O6/c1-4-7-10-13-16-19-22-24-26-27-28-29-30-31-32-33-34-35-36-37-38-39-40-41-42-43-45-46-48-51-54-57-60-63-69(72)75-66-67(65-74-68(71)62-59-56-53-50-21-18-15-12-9-6-3)76-70(73)64-61-58-55-52-49-47-44-25-23-20-17-14-11-8-5-2/h8,11,17,20,25,44,49,52,58,61,67H,4-7,9-10,12-16,18-19,21-24,26-43,45-48,50-51,53-57,59-60,62-66H2,1-3H3/b11-8-,20-17-,44-25-,52-49-,61-58-. The molecule has 0 aliphatic rings. The SMILES string of the molecule is CC/C=C\C/C=C\C/C=C\C/C=C\C/C=C\CC(=O)OC(COC(=O)CCCCCCCCCCCC)COC(=O)CCCCCCCCCCCCCCCCCCCCCCCCCCCCCCCCCCC. The summed E-state index contributed by atoms with van der Waals surface area (Å²) in [5.74, 6) is -1.03. The van der Waals surface area contributed by atoms with Crippen molar-refractivity contribution in [3.63, 3.8) is 0 Å². The molecule has 0 aromatic heterocycles. The van der Waals surface area contributed by atoms with Crippen LogP contribution in [0.5, 0.6) is 0 Å². The molecule has 0 saturated heterocycles. The topological polar surface area (TPSA) is 78.9 Å². The van der Waals surface area contributed by atoms with E-state index in [2.05, 4.69) is 69.4 Å². The van der Waals surface area contributed by atoms with Crippen molar-refractivity contribution in [3.05, 3.63) is 60.8 Å². The maximum atomic E-state index is 12.8. The van der Waals surface area contributed by atoms with Gasteiger partial charge in [0.2, 0.25) is 0 Å². The first kappa shape index (κ1) is 73.1. The summed E-state index contributed by atoms with van der Waals surface area (Å²) >= 11 is 0. The van der Waals surface area contributed by atoms with Crippen LogP contribution in [0.4, 0.5) is 0 Å². The molecular weight excluding hydrogens is 937 g/mol. The first-order valence-corrected chi connectivity index (χ1v) is 33.3. The summed E-state index contributed by atoms with van der Waals surface area (Å²) in [6.45, 7) is 6.47. The smallest absolute Gasteiger partial charge is 0.310 e. The fourth-order valence-electron chi connectivity index (χ4n) is 9.88. The van der Waals surface area contributed by atoms with Crippen molar-refractivity contribution < 1.29 is 28.6 Å². The molecule has 6 heteroatoms. The molecule has 0 amide bonds. The summed E-state index contributed by atoms with van der Waals surface area (Å²) < 4.78 is 16.8. The fourth-order valence-corrected chi connectivity index (χ4v) is 9.88. The monoisotopic (exact) mass is 1060 g/mol. The molecule has 0 rings (SSSR count). The van der Waals surface area contributed by atoms with Crippen molar-refractivity contribution in [1.29, 1.82) is 0 Å². The highest BCUT2D eigenvalue weighted by molar-refractivity contribution is 5.72. The number of esters is 3. The molecular formula is C70H126O6. The van der Waals surface area contributed by atoms with Crippen molar-refractivity contribution in [3.8, 4) is 0 Å². The van der Waals surface area contributed by atoms with Crippen LogP contribution in [0.15, 0.2) is 60.8 Å². The summed E-state index contributed by atoms with van der Waals surface area (Å²) in [6.07, 6.45) is 83.1. The number of hydrogen-bond acceptors (Lipinski definition) is 6. The third-order valence-corrected chi connectivity index (χ3v) is 14.8. The molecule has 6 nitrogen and oxygen atoms in total. The maximum Gasteiger partial charge on any atom is 0.310 e. The Morgan fingerprint density at radius 3 is 0.750 bits per heavy atom. The molecule has 0 heterocycles. The molecule has 0 spiro atoms. The summed E-state index contributed by atoms with van der Waals surface area (Å²) in [6, 6.07) is 0. The van der Waals surface area contributed by atoms with Gasteiger partial charge >= 0.3 is 17.9 Å². The van der Waals surface area contributed by atoms with E-state index in [1.165, 1.54) is 238 Å². The van der Waals surface area contributed by atoms with Gasteiger partial charge in [0, 0.05) is 12.8 Å². The second kappa shape index (κ2) is 64.6. The zero-order valence-electron chi connectivity index (χ0n) is 50.8. The quantitative estimate of drug-likeness (QED) is 0.0261. The third-order valence-electron chi connectivity index (χ3n) is 14.8. The van der Waals surface area contributed by atoms with E-state index in [1.807, 2.05) is 6.08 Å². The first-order valence-electron chi connectivity index (χ1n) is 33.3. The van der Waals surface area contributed by atoms with Crippen molar-refractivity contribution in [1.82, 2.24) is 0 Å². The number of hydrogen-bond donors (Lipinski definition) is 0. The Bertz CT molecular complexity index is 1360. The Morgan fingerprint density at radius 2 is 0.500 bits per heavy atom. The van der Waals surface area contributed by atoms with Crippen LogP contribution < -0.4 is 0 Å². The number of carbonyl (C=O) groups excluding carboxylic acids is 3. The molecule has 0 aliphatic carbocycles. The minimum atomic E-state index is -0.825. The molecule has 0 saturated carbocycles. The van der Waals surface area contributed by atoms with Gasteiger partial charge in [0.25, 0.3) is 0 Å². The van der Waals surface area contributed by atoms with Gasteiger partial charge in [-0.3, -0.25) is 14.4 Å². The van der Waals surface area contributed by atoms with Gasteiger partial charge in [-0.1, -0.05) is 345 Å². The van der Waals surface area contributed by atoms with E-state index in [4.69, 9.17) is 14.2 Å². The van der Waals surface area contributed by atoms with E-state index in [1.54, 1.807) is 6.08 Å². The van der Waals surface area contributed by atoms with E-state index in [9.17, 15) is 14.4 Å². The fraction of sp³-hybridized carbons (Fsp3) is 0.814. The lowest BCUT2D eigenvalue weighted by Crippen LogP contribution is -2.30. The Morgan fingerprint density at radius 1 is 0.276 bits per heavy atom. The molecule has 0 radical (unpaired) electrons. The number of rotatable bonds is 61. The summed E-state index contributed by atoms with van der Waals surface area (Å²) in [5, 5.41) is 0. The molecule has 76 heavy (non-hydrogen) atoms. The van der Waals surface area contributed by atoms with Gasteiger partial charge in [0.1, 0.15) is 13.2 Å². The largest absolute Gasteiger partial charge is 0.462 e. The van der Waals surface area contributed by atoms with E-state index >= 15 is 0 Å². The van der Waals surface area contributed by atoms with Gasteiger partial charge in [0.15, 0.2) is 6.10 Å². The Kier molecular flexibility index (Phi) is 62.2. The molecule has 442 valence electrons. The van der Waals surface area contributed by atoms with Crippen LogP contribution in [-0.2, 0) is 28.6 Å². The van der Waals surface area contributed by atoms with Gasteiger partial charge in [-0.15, -0.1) is 0 Å². The van der Waals surface area contributed by atoms with Gasteiger partial charge in [-0.25, -0.2) is 0 Å². The van der Waals surface area contributed by atoms with E-state index in [0.717, 1.165) is 70.6 Å². The first-order chi connectivity index (χ1) is 37.5. The summed E-state index contributed by atoms with van der Waals surface area (Å²) in [7, 11) is 0. The van der Waals surface area contributed by atoms with Gasteiger partial charge in [-0.05, 0) is 44.9 Å².